The number of Topliss-reactive ketones (excluding diaryl/α,β-unsaturated/α-hetero) is 1. The van der Waals surface area contributed by atoms with Gasteiger partial charge >= 0.3 is 0 Å². The van der Waals surface area contributed by atoms with Crippen molar-refractivity contribution in [1.82, 2.24) is 0 Å². The van der Waals surface area contributed by atoms with Gasteiger partial charge in [-0.25, -0.2) is 0 Å². The average Bonchev–Trinajstić information content (AvgIpc) is 2.56. The van der Waals surface area contributed by atoms with Crippen LogP contribution in [0.3, 0.4) is 0 Å². The minimum atomic E-state index is 0.331. The van der Waals surface area contributed by atoms with Crippen molar-refractivity contribution in [2.24, 2.45) is 0 Å². The second kappa shape index (κ2) is 6.22. The highest BCUT2D eigenvalue weighted by Crippen LogP contribution is 2.51. The van der Waals surface area contributed by atoms with Gasteiger partial charge in [-0.2, -0.15) is 0 Å². The number of rotatable bonds is 0. The van der Waals surface area contributed by atoms with Crippen LogP contribution in [-0.2, 0) is 4.79 Å². The van der Waals surface area contributed by atoms with E-state index in [9.17, 15) is 4.79 Å². The molecule has 1 N–H and O–H groups in total. The van der Waals surface area contributed by atoms with E-state index in [4.69, 9.17) is 0 Å². The summed E-state index contributed by atoms with van der Waals surface area (Å²) in [6, 6.07) is 12.8. The molecule has 0 fully saturated rings. The number of nitrogens with one attached hydrogen (secondary N) is 1. The van der Waals surface area contributed by atoms with Gasteiger partial charge in [0.15, 0.2) is 5.78 Å². The van der Waals surface area contributed by atoms with Gasteiger partial charge < -0.3 is 5.32 Å². The van der Waals surface area contributed by atoms with Crippen LogP contribution in [0.4, 0.5) is 5.69 Å². The minimum Gasteiger partial charge on any atom is -0.380 e. The average molecular weight is 311 g/mol. The molecule has 2 heterocycles. The number of fused-ring (bicyclic) bond motifs is 4. The third-order valence-corrected chi connectivity index (χ3v) is 5.69. The van der Waals surface area contributed by atoms with Crippen LogP contribution < -0.4 is 5.32 Å². The number of hydrogen-bond donors (Lipinski definition) is 1. The van der Waals surface area contributed by atoms with Crippen LogP contribution in [0.2, 0.25) is 0 Å². The molecule has 0 amide bonds. The zero-order chi connectivity index (χ0) is 15.7. The third kappa shape index (κ3) is 2.46. The molecule has 0 saturated carbocycles. The molecule has 0 radical (unpaired) electrons. The summed E-state index contributed by atoms with van der Waals surface area (Å²) < 4.78 is 0. The van der Waals surface area contributed by atoms with Crippen LogP contribution in [0.5, 0.6) is 0 Å². The molecule has 2 nitrogen and oxygen atoms in total. The lowest BCUT2D eigenvalue weighted by Gasteiger charge is -2.31. The SMILES string of the molecule is CC.CC1CC(=O)C2=C(P1)c1c(ccc3ccccc13)NC2. The van der Waals surface area contributed by atoms with Crippen molar-refractivity contribution in [3.8, 4) is 0 Å². The fourth-order valence-electron chi connectivity index (χ4n) is 3.21. The Bertz CT molecular complexity index is 763. The van der Waals surface area contributed by atoms with Gasteiger partial charge in [-0.3, -0.25) is 4.79 Å². The molecular weight excluding hydrogens is 289 g/mol. The van der Waals surface area contributed by atoms with Crippen molar-refractivity contribution in [2.75, 3.05) is 11.9 Å². The van der Waals surface area contributed by atoms with Gasteiger partial charge in [0.25, 0.3) is 0 Å². The molecule has 2 aromatic rings. The van der Waals surface area contributed by atoms with E-state index in [1.165, 1.54) is 27.3 Å². The van der Waals surface area contributed by atoms with Crippen molar-refractivity contribution in [1.29, 1.82) is 0 Å². The second-order valence-corrected chi connectivity index (χ2v) is 7.36. The monoisotopic (exact) mass is 311 g/mol. The Morgan fingerprint density at radius 3 is 2.73 bits per heavy atom. The van der Waals surface area contributed by atoms with Crippen molar-refractivity contribution in [3.63, 3.8) is 0 Å². The molecule has 0 spiro atoms. The first kappa shape index (κ1) is 15.2. The van der Waals surface area contributed by atoms with E-state index in [0.29, 0.717) is 24.4 Å². The highest BCUT2D eigenvalue weighted by atomic mass is 31.1. The third-order valence-electron chi connectivity index (χ3n) is 4.16. The van der Waals surface area contributed by atoms with Gasteiger partial charge in [0.05, 0.1) is 0 Å². The van der Waals surface area contributed by atoms with Gasteiger partial charge in [-0.15, -0.1) is 0 Å². The Kier molecular flexibility index (Phi) is 4.31. The van der Waals surface area contributed by atoms with E-state index in [2.05, 4.69) is 48.6 Å². The van der Waals surface area contributed by atoms with E-state index >= 15 is 0 Å². The topological polar surface area (TPSA) is 29.1 Å². The fourth-order valence-corrected chi connectivity index (χ4v) is 4.80. The normalized spacial score (nSPS) is 20.9. The largest absolute Gasteiger partial charge is 0.380 e. The van der Waals surface area contributed by atoms with Crippen molar-refractivity contribution in [3.05, 3.63) is 47.5 Å². The summed E-state index contributed by atoms with van der Waals surface area (Å²) >= 11 is 0. The molecule has 0 saturated heterocycles. The maximum Gasteiger partial charge on any atom is 0.161 e. The number of anilines is 1. The quantitative estimate of drug-likeness (QED) is 0.690. The van der Waals surface area contributed by atoms with Gasteiger partial charge in [0, 0.05) is 29.8 Å². The van der Waals surface area contributed by atoms with E-state index < -0.39 is 0 Å². The van der Waals surface area contributed by atoms with Gasteiger partial charge in [0.1, 0.15) is 0 Å². The molecule has 3 heteroatoms. The number of ketones is 1. The lowest BCUT2D eigenvalue weighted by Crippen LogP contribution is -2.24. The second-order valence-electron chi connectivity index (χ2n) is 5.59. The van der Waals surface area contributed by atoms with Crippen LogP contribution in [0.15, 0.2) is 42.0 Å². The fraction of sp³-hybridized carbons (Fsp3) is 0.316. The molecule has 114 valence electrons. The molecule has 0 aliphatic carbocycles. The summed E-state index contributed by atoms with van der Waals surface area (Å²) in [6.07, 6.45) is 0.707. The Hall–Kier alpha value is -1.66. The maximum absolute atomic E-state index is 12.3. The predicted octanol–water partition coefficient (Wildman–Crippen LogP) is 5.04. The highest BCUT2D eigenvalue weighted by molar-refractivity contribution is 7.51. The van der Waals surface area contributed by atoms with Crippen LogP contribution in [-0.4, -0.2) is 18.0 Å². The first-order valence-corrected chi connectivity index (χ1v) is 9.10. The Labute approximate surface area is 133 Å². The van der Waals surface area contributed by atoms with E-state index in [0.717, 1.165) is 14.2 Å². The van der Waals surface area contributed by atoms with Crippen LogP contribution >= 0.6 is 8.58 Å². The zero-order valence-corrected chi connectivity index (χ0v) is 14.4. The molecule has 2 aliphatic heterocycles. The molecule has 4 rings (SSSR count). The van der Waals surface area contributed by atoms with Crippen LogP contribution in [0, 0.1) is 0 Å². The zero-order valence-electron chi connectivity index (χ0n) is 13.4. The Balaban J connectivity index is 0.000000693. The van der Waals surface area contributed by atoms with Gasteiger partial charge in [-0.05, 0) is 27.8 Å². The maximum atomic E-state index is 12.3. The standard InChI is InChI=1S/C17H16NOP.C2H6/c1-10-8-15(19)13-9-18-14-7-6-11-4-2-3-5-12(11)16(14)17(13)20-10;1-2/h2-7,10,18,20H,8-9H2,1H3;1-2H3. The number of carbonyl (C=O) groups is 1. The summed E-state index contributed by atoms with van der Waals surface area (Å²) in [5.74, 6) is 0.331. The lowest BCUT2D eigenvalue weighted by atomic mass is 9.94. The highest BCUT2D eigenvalue weighted by Gasteiger charge is 2.30. The molecule has 2 aromatic carbocycles. The van der Waals surface area contributed by atoms with Crippen LogP contribution in [0.25, 0.3) is 16.1 Å². The predicted molar refractivity (Wildman–Crippen MR) is 98.1 cm³/mol. The lowest BCUT2D eigenvalue weighted by molar-refractivity contribution is -0.115. The molecule has 2 unspecified atom stereocenters. The number of carbonyl (C=O) groups excluding carboxylic acids is 1. The molecular formula is C19H22NOP. The summed E-state index contributed by atoms with van der Waals surface area (Å²) in [5, 5.41) is 7.24. The molecule has 0 aromatic heterocycles. The van der Waals surface area contributed by atoms with E-state index in [1.807, 2.05) is 13.8 Å². The summed E-state index contributed by atoms with van der Waals surface area (Å²) in [6.45, 7) is 6.88. The van der Waals surface area contributed by atoms with Gasteiger partial charge in [0.2, 0.25) is 0 Å². The molecule has 2 aliphatic rings. The van der Waals surface area contributed by atoms with Crippen molar-refractivity contribution < 1.29 is 4.79 Å². The summed E-state index contributed by atoms with van der Waals surface area (Å²) in [5.41, 5.74) is 3.94. The molecule has 0 bridgehead atoms. The van der Waals surface area contributed by atoms with Crippen molar-refractivity contribution >= 4 is 36.1 Å². The molecule has 2 atom stereocenters. The van der Waals surface area contributed by atoms with E-state index in [-0.39, 0.29) is 0 Å². The van der Waals surface area contributed by atoms with Crippen LogP contribution in [0.1, 0.15) is 32.8 Å². The molecule has 22 heavy (non-hydrogen) atoms. The minimum absolute atomic E-state index is 0.331. The number of benzene rings is 2. The summed E-state index contributed by atoms with van der Waals surface area (Å²) in [7, 11) is 0.740. The summed E-state index contributed by atoms with van der Waals surface area (Å²) in [4.78, 5) is 12.3. The Morgan fingerprint density at radius 2 is 1.91 bits per heavy atom. The first-order chi connectivity index (χ1) is 10.7. The Morgan fingerprint density at radius 1 is 1.14 bits per heavy atom. The number of hydrogen-bond acceptors (Lipinski definition) is 2. The first-order valence-electron chi connectivity index (χ1n) is 8.03. The smallest absolute Gasteiger partial charge is 0.161 e. The van der Waals surface area contributed by atoms with E-state index in [1.54, 1.807) is 0 Å². The van der Waals surface area contributed by atoms with Crippen molar-refractivity contribution in [2.45, 2.75) is 32.9 Å². The van der Waals surface area contributed by atoms with Gasteiger partial charge in [-0.1, -0.05) is 59.7 Å².